The lowest BCUT2D eigenvalue weighted by molar-refractivity contribution is 0.301. The maximum absolute atomic E-state index is 5.64. The van der Waals surface area contributed by atoms with Crippen LogP contribution in [0.15, 0.2) is 27.1 Å². The lowest BCUT2D eigenvalue weighted by Gasteiger charge is -2.06. The summed E-state index contributed by atoms with van der Waals surface area (Å²) < 4.78 is 7.73. The van der Waals surface area contributed by atoms with Crippen molar-refractivity contribution in [3.63, 3.8) is 0 Å². The van der Waals surface area contributed by atoms with E-state index in [2.05, 4.69) is 31.9 Å². The third-order valence-corrected chi connectivity index (χ3v) is 2.82. The molecule has 1 aromatic carbocycles. The summed E-state index contributed by atoms with van der Waals surface area (Å²) in [6, 6.07) is 5.96. The second kappa shape index (κ2) is 3.38. The highest BCUT2D eigenvalue weighted by atomic mass is 79.9. The van der Waals surface area contributed by atoms with Crippen LogP contribution in [-0.2, 0) is 0 Å². The average Bonchev–Trinajstić information content (AvgIpc) is 2.79. The molecule has 0 bridgehead atoms. The van der Waals surface area contributed by atoms with Crippen LogP contribution in [0.2, 0.25) is 0 Å². The first-order valence-electron chi connectivity index (χ1n) is 3.87. The highest BCUT2D eigenvalue weighted by molar-refractivity contribution is 9.11. The van der Waals surface area contributed by atoms with Crippen molar-refractivity contribution in [2.24, 2.45) is 0 Å². The van der Waals surface area contributed by atoms with Crippen LogP contribution in [0, 0.1) is 0 Å². The van der Waals surface area contributed by atoms with E-state index in [-0.39, 0.29) is 0 Å². The molecule has 0 aromatic heterocycles. The molecule has 0 aliphatic heterocycles. The molecule has 1 nitrogen and oxygen atoms in total. The van der Waals surface area contributed by atoms with E-state index < -0.39 is 0 Å². The van der Waals surface area contributed by atoms with Crippen molar-refractivity contribution in [1.29, 1.82) is 0 Å². The molecule has 1 aliphatic carbocycles. The van der Waals surface area contributed by atoms with Crippen molar-refractivity contribution in [1.82, 2.24) is 0 Å². The molecule has 1 fully saturated rings. The molecule has 2 rings (SSSR count). The van der Waals surface area contributed by atoms with Gasteiger partial charge in [0.1, 0.15) is 5.75 Å². The minimum absolute atomic E-state index is 0.461. The summed E-state index contributed by atoms with van der Waals surface area (Å²) in [7, 11) is 0. The minimum Gasteiger partial charge on any atom is -0.489 e. The van der Waals surface area contributed by atoms with Gasteiger partial charge in [-0.15, -0.1) is 0 Å². The summed E-state index contributed by atoms with van der Waals surface area (Å²) in [5.41, 5.74) is 0. The van der Waals surface area contributed by atoms with E-state index in [4.69, 9.17) is 4.74 Å². The van der Waals surface area contributed by atoms with Crippen LogP contribution in [0.5, 0.6) is 5.75 Å². The van der Waals surface area contributed by atoms with Gasteiger partial charge in [-0.25, -0.2) is 0 Å². The van der Waals surface area contributed by atoms with Crippen molar-refractivity contribution < 1.29 is 4.74 Å². The predicted octanol–water partition coefficient (Wildman–Crippen LogP) is 3.75. The number of hydrogen-bond acceptors (Lipinski definition) is 1. The fraction of sp³-hybridized carbons (Fsp3) is 0.333. The van der Waals surface area contributed by atoms with Gasteiger partial charge in [0.15, 0.2) is 0 Å². The summed E-state index contributed by atoms with van der Waals surface area (Å²) >= 11 is 6.84. The molecule has 0 radical (unpaired) electrons. The van der Waals surface area contributed by atoms with Crippen molar-refractivity contribution in [2.45, 2.75) is 18.9 Å². The van der Waals surface area contributed by atoms with Crippen molar-refractivity contribution >= 4 is 31.9 Å². The van der Waals surface area contributed by atoms with Gasteiger partial charge in [0.05, 0.1) is 10.6 Å². The number of ether oxygens (including phenoxy) is 1. The number of halogens is 2. The molecule has 0 saturated heterocycles. The van der Waals surface area contributed by atoms with Gasteiger partial charge in [0.2, 0.25) is 0 Å². The first kappa shape index (κ1) is 8.57. The maximum Gasteiger partial charge on any atom is 0.133 e. The van der Waals surface area contributed by atoms with Gasteiger partial charge >= 0.3 is 0 Å². The van der Waals surface area contributed by atoms with Crippen molar-refractivity contribution in [3.8, 4) is 5.75 Å². The van der Waals surface area contributed by atoms with Gasteiger partial charge in [-0.2, -0.15) is 0 Å². The van der Waals surface area contributed by atoms with Crippen LogP contribution >= 0.6 is 31.9 Å². The van der Waals surface area contributed by atoms with Gasteiger partial charge in [0, 0.05) is 4.47 Å². The molecule has 64 valence electrons. The van der Waals surface area contributed by atoms with Gasteiger partial charge in [-0.3, -0.25) is 0 Å². The van der Waals surface area contributed by atoms with Gasteiger partial charge < -0.3 is 4.74 Å². The molecule has 0 amide bonds. The smallest absolute Gasteiger partial charge is 0.133 e. The topological polar surface area (TPSA) is 9.23 Å². The van der Waals surface area contributed by atoms with Gasteiger partial charge in [0.25, 0.3) is 0 Å². The molecule has 3 heteroatoms. The second-order valence-electron chi connectivity index (χ2n) is 2.89. The fourth-order valence-electron chi connectivity index (χ4n) is 0.936. The lowest BCUT2D eigenvalue weighted by Crippen LogP contribution is -1.95. The molecule has 0 N–H and O–H groups in total. The Kier molecular flexibility index (Phi) is 2.42. The number of hydrogen-bond donors (Lipinski definition) is 0. The summed E-state index contributed by atoms with van der Waals surface area (Å²) in [6.45, 7) is 0. The SMILES string of the molecule is Brc1ccc(OC2CC2)c(Br)c1. The van der Waals surface area contributed by atoms with Crippen LogP contribution in [0.3, 0.4) is 0 Å². The predicted molar refractivity (Wildman–Crippen MR) is 55.5 cm³/mol. The molecule has 1 aliphatic rings. The molecule has 0 heterocycles. The van der Waals surface area contributed by atoms with Gasteiger partial charge in [-0.1, -0.05) is 15.9 Å². The molecule has 0 spiro atoms. The first-order chi connectivity index (χ1) is 5.75. The first-order valence-corrected chi connectivity index (χ1v) is 5.46. The molecular weight excluding hydrogens is 284 g/mol. The largest absolute Gasteiger partial charge is 0.489 e. The van der Waals surface area contributed by atoms with Crippen LogP contribution in [0.25, 0.3) is 0 Å². The lowest BCUT2D eigenvalue weighted by atomic mass is 10.3. The van der Waals surface area contributed by atoms with E-state index in [0.717, 1.165) is 14.7 Å². The minimum atomic E-state index is 0.461. The van der Waals surface area contributed by atoms with Crippen molar-refractivity contribution in [3.05, 3.63) is 27.1 Å². The molecule has 0 atom stereocenters. The molecule has 0 unspecified atom stereocenters. The highest BCUT2D eigenvalue weighted by Crippen LogP contribution is 2.33. The molecule has 1 saturated carbocycles. The normalized spacial score (nSPS) is 16.2. The molecular formula is C9H8Br2O. The third kappa shape index (κ3) is 2.02. The third-order valence-electron chi connectivity index (χ3n) is 1.71. The summed E-state index contributed by atoms with van der Waals surface area (Å²) in [4.78, 5) is 0. The second-order valence-corrected chi connectivity index (χ2v) is 4.66. The van der Waals surface area contributed by atoms with Crippen LogP contribution < -0.4 is 4.74 Å². The molecule has 12 heavy (non-hydrogen) atoms. The zero-order valence-electron chi connectivity index (χ0n) is 6.39. The summed E-state index contributed by atoms with van der Waals surface area (Å²) in [6.07, 6.45) is 2.85. The highest BCUT2D eigenvalue weighted by Gasteiger charge is 2.24. The quantitative estimate of drug-likeness (QED) is 0.806. The Hall–Kier alpha value is -0.0200. The Morgan fingerprint density at radius 1 is 1.25 bits per heavy atom. The Bertz CT molecular complexity index is 295. The van der Waals surface area contributed by atoms with E-state index in [1.807, 2.05) is 18.2 Å². The zero-order valence-corrected chi connectivity index (χ0v) is 9.56. The Balaban J connectivity index is 2.18. The zero-order chi connectivity index (χ0) is 8.55. The Labute approximate surface area is 88.4 Å². The number of rotatable bonds is 2. The Morgan fingerprint density at radius 3 is 2.58 bits per heavy atom. The molecule has 1 aromatic rings. The Morgan fingerprint density at radius 2 is 2.00 bits per heavy atom. The van der Waals surface area contributed by atoms with Gasteiger partial charge in [-0.05, 0) is 47.0 Å². The van der Waals surface area contributed by atoms with Crippen LogP contribution in [0.1, 0.15) is 12.8 Å². The van der Waals surface area contributed by atoms with E-state index >= 15 is 0 Å². The van der Waals surface area contributed by atoms with E-state index in [1.54, 1.807) is 0 Å². The van der Waals surface area contributed by atoms with E-state index in [9.17, 15) is 0 Å². The van der Waals surface area contributed by atoms with E-state index in [1.165, 1.54) is 12.8 Å². The number of benzene rings is 1. The van der Waals surface area contributed by atoms with Crippen LogP contribution in [0.4, 0.5) is 0 Å². The fourth-order valence-corrected chi connectivity index (χ4v) is 2.08. The maximum atomic E-state index is 5.64. The van der Waals surface area contributed by atoms with E-state index in [0.29, 0.717) is 6.10 Å². The summed E-state index contributed by atoms with van der Waals surface area (Å²) in [5.74, 6) is 0.945. The summed E-state index contributed by atoms with van der Waals surface area (Å²) in [5, 5.41) is 0. The van der Waals surface area contributed by atoms with Crippen molar-refractivity contribution in [2.75, 3.05) is 0 Å². The van der Waals surface area contributed by atoms with Crippen LogP contribution in [-0.4, -0.2) is 6.10 Å². The average molecular weight is 292 g/mol. The standard InChI is InChI=1S/C9H8Br2O/c10-6-1-4-9(8(11)5-6)12-7-2-3-7/h1,4-5,7H,2-3H2. The monoisotopic (exact) mass is 290 g/mol.